The van der Waals surface area contributed by atoms with Crippen LogP contribution >= 0.6 is 0 Å². The molecule has 2 aromatic rings. The van der Waals surface area contributed by atoms with Gasteiger partial charge < -0.3 is 10.1 Å². The highest BCUT2D eigenvalue weighted by molar-refractivity contribution is 5.20. The largest absolute Gasteiger partial charge is 0.423 e. The van der Waals surface area contributed by atoms with Gasteiger partial charge in [0, 0.05) is 36.7 Å². The Balaban J connectivity index is 1.95. The summed E-state index contributed by atoms with van der Waals surface area (Å²) < 4.78 is 5.45. The van der Waals surface area contributed by atoms with Crippen LogP contribution in [0.1, 0.15) is 19.4 Å². The molecule has 0 saturated carbocycles. The van der Waals surface area contributed by atoms with Crippen LogP contribution in [0.2, 0.25) is 0 Å². The molecule has 0 bridgehead atoms. The molecule has 0 aliphatic heterocycles. The van der Waals surface area contributed by atoms with Gasteiger partial charge in [-0.25, -0.2) is 9.97 Å². The van der Waals surface area contributed by atoms with Gasteiger partial charge in [-0.3, -0.25) is 4.98 Å². The molecule has 94 valence electrons. The fraction of sp³-hybridized carbons (Fsp3) is 0.308. The van der Waals surface area contributed by atoms with Gasteiger partial charge in [0.25, 0.3) is 0 Å². The Bertz CT molecular complexity index is 470. The zero-order valence-corrected chi connectivity index (χ0v) is 10.5. The summed E-state index contributed by atoms with van der Waals surface area (Å²) in [5.41, 5.74) is 1.03. The van der Waals surface area contributed by atoms with Crippen molar-refractivity contribution in [2.75, 3.05) is 0 Å². The third-order valence-electron chi connectivity index (χ3n) is 2.24. The highest BCUT2D eigenvalue weighted by Gasteiger charge is 2.01. The molecule has 0 unspecified atom stereocenters. The number of pyridine rings is 1. The maximum atomic E-state index is 5.45. The molecular formula is C13H16N4O. The molecule has 0 radical (unpaired) electrons. The Hall–Kier alpha value is -2.01. The van der Waals surface area contributed by atoms with Crippen LogP contribution in [0.3, 0.4) is 0 Å². The van der Waals surface area contributed by atoms with Gasteiger partial charge in [0.2, 0.25) is 0 Å². The van der Waals surface area contributed by atoms with E-state index in [0.717, 1.165) is 12.1 Å². The van der Waals surface area contributed by atoms with Gasteiger partial charge in [0.15, 0.2) is 0 Å². The minimum absolute atomic E-state index is 0.330. The quantitative estimate of drug-likeness (QED) is 0.873. The standard InChI is InChI=1S/C13H16N4O/c1-10(2)15-6-11-7-16-13(17-8-11)18-12-4-3-5-14-9-12/h3-5,7-10,15H,6H2,1-2H3. The van der Waals surface area contributed by atoms with Crippen LogP contribution in [0, 0.1) is 0 Å². The van der Waals surface area contributed by atoms with Crippen molar-refractivity contribution in [2.24, 2.45) is 0 Å². The molecule has 5 heteroatoms. The van der Waals surface area contributed by atoms with E-state index in [2.05, 4.69) is 34.1 Å². The molecule has 0 amide bonds. The van der Waals surface area contributed by atoms with Crippen molar-refractivity contribution in [3.05, 3.63) is 42.5 Å². The summed E-state index contributed by atoms with van der Waals surface area (Å²) in [6.45, 7) is 4.95. The van der Waals surface area contributed by atoms with Crippen LogP contribution in [-0.2, 0) is 6.54 Å². The van der Waals surface area contributed by atoms with Crippen LogP contribution < -0.4 is 10.1 Å². The van der Waals surface area contributed by atoms with Gasteiger partial charge in [-0.15, -0.1) is 0 Å². The first-order valence-corrected chi connectivity index (χ1v) is 5.86. The SMILES string of the molecule is CC(C)NCc1cnc(Oc2cccnc2)nc1. The second-order valence-electron chi connectivity index (χ2n) is 4.20. The highest BCUT2D eigenvalue weighted by Crippen LogP contribution is 2.14. The molecule has 18 heavy (non-hydrogen) atoms. The molecule has 5 nitrogen and oxygen atoms in total. The van der Waals surface area contributed by atoms with Crippen LogP contribution in [0.25, 0.3) is 0 Å². The molecular weight excluding hydrogens is 228 g/mol. The van der Waals surface area contributed by atoms with E-state index in [9.17, 15) is 0 Å². The molecule has 0 fully saturated rings. The number of nitrogens with one attached hydrogen (secondary N) is 1. The van der Waals surface area contributed by atoms with E-state index in [1.807, 2.05) is 6.07 Å². The van der Waals surface area contributed by atoms with Crippen LogP contribution in [0.5, 0.6) is 11.8 Å². The highest BCUT2D eigenvalue weighted by atomic mass is 16.5. The first-order chi connectivity index (χ1) is 8.74. The zero-order chi connectivity index (χ0) is 12.8. The lowest BCUT2D eigenvalue weighted by atomic mass is 10.3. The molecule has 0 aliphatic carbocycles. The Kier molecular flexibility index (Phi) is 4.20. The van der Waals surface area contributed by atoms with Crippen molar-refractivity contribution >= 4 is 0 Å². The molecule has 2 aromatic heterocycles. The van der Waals surface area contributed by atoms with E-state index in [0.29, 0.717) is 17.8 Å². The van der Waals surface area contributed by atoms with Crippen molar-refractivity contribution in [1.29, 1.82) is 0 Å². The van der Waals surface area contributed by atoms with Crippen molar-refractivity contribution in [3.63, 3.8) is 0 Å². The molecule has 0 spiro atoms. The van der Waals surface area contributed by atoms with Gasteiger partial charge in [-0.1, -0.05) is 13.8 Å². The smallest absolute Gasteiger partial charge is 0.321 e. The number of rotatable bonds is 5. The maximum absolute atomic E-state index is 5.45. The number of nitrogens with zero attached hydrogens (tertiary/aromatic N) is 3. The van der Waals surface area contributed by atoms with E-state index in [-0.39, 0.29) is 0 Å². The Morgan fingerprint density at radius 3 is 2.61 bits per heavy atom. The molecule has 1 N–H and O–H groups in total. The van der Waals surface area contributed by atoms with Crippen molar-refractivity contribution in [2.45, 2.75) is 26.4 Å². The first kappa shape index (κ1) is 12.4. The van der Waals surface area contributed by atoms with Crippen molar-refractivity contribution < 1.29 is 4.74 Å². The van der Waals surface area contributed by atoms with Crippen LogP contribution in [0.4, 0.5) is 0 Å². The Morgan fingerprint density at radius 2 is 2.00 bits per heavy atom. The zero-order valence-electron chi connectivity index (χ0n) is 10.5. The lowest BCUT2D eigenvalue weighted by Crippen LogP contribution is -2.21. The van der Waals surface area contributed by atoms with E-state index < -0.39 is 0 Å². The predicted octanol–water partition coefficient (Wildman–Crippen LogP) is 2.16. The second kappa shape index (κ2) is 6.07. The summed E-state index contributed by atoms with van der Waals surface area (Å²) in [6, 6.07) is 4.38. The molecule has 2 rings (SSSR count). The number of aromatic nitrogens is 3. The predicted molar refractivity (Wildman–Crippen MR) is 68.3 cm³/mol. The lowest BCUT2D eigenvalue weighted by molar-refractivity contribution is 0.438. The fourth-order valence-corrected chi connectivity index (χ4v) is 1.32. The Labute approximate surface area is 106 Å². The van der Waals surface area contributed by atoms with E-state index in [1.54, 1.807) is 30.9 Å². The van der Waals surface area contributed by atoms with E-state index in [4.69, 9.17) is 4.74 Å². The van der Waals surface area contributed by atoms with E-state index in [1.165, 1.54) is 0 Å². The van der Waals surface area contributed by atoms with Crippen LogP contribution in [0.15, 0.2) is 36.9 Å². The molecule has 0 aromatic carbocycles. The average molecular weight is 244 g/mol. The summed E-state index contributed by atoms with van der Waals surface area (Å²) in [7, 11) is 0. The third-order valence-corrected chi connectivity index (χ3v) is 2.24. The second-order valence-corrected chi connectivity index (χ2v) is 4.20. The van der Waals surface area contributed by atoms with Crippen molar-refractivity contribution in [3.8, 4) is 11.8 Å². The Morgan fingerprint density at radius 1 is 1.22 bits per heavy atom. The third kappa shape index (κ3) is 3.78. The fourth-order valence-electron chi connectivity index (χ4n) is 1.32. The van der Waals surface area contributed by atoms with E-state index >= 15 is 0 Å². The van der Waals surface area contributed by atoms with Gasteiger partial charge in [0.05, 0.1) is 6.20 Å². The maximum Gasteiger partial charge on any atom is 0.321 e. The normalized spacial score (nSPS) is 10.6. The molecule has 2 heterocycles. The monoisotopic (exact) mass is 244 g/mol. The van der Waals surface area contributed by atoms with Gasteiger partial charge in [-0.05, 0) is 12.1 Å². The van der Waals surface area contributed by atoms with Gasteiger partial charge >= 0.3 is 6.01 Å². The summed E-state index contributed by atoms with van der Waals surface area (Å²) >= 11 is 0. The van der Waals surface area contributed by atoms with Crippen molar-refractivity contribution in [1.82, 2.24) is 20.3 Å². The molecule has 0 atom stereocenters. The first-order valence-electron chi connectivity index (χ1n) is 5.86. The summed E-state index contributed by atoms with van der Waals surface area (Å²) in [6.07, 6.45) is 6.83. The number of hydrogen-bond acceptors (Lipinski definition) is 5. The summed E-state index contributed by atoms with van der Waals surface area (Å²) in [5.74, 6) is 0.630. The summed E-state index contributed by atoms with van der Waals surface area (Å²) in [5, 5.41) is 3.30. The minimum Gasteiger partial charge on any atom is -0.423 e. The van der Waals surface area contributed by atoms with Gasteiger partial charge in [0.1, 0.15) is 5.75 Å². The topological polar surface area (TPSA) is 59.9 Å². The van der Waals surface area contributed by atoms with Crippen LogP contribution in [-0.4, -0.2) is 21.0 Å². The molecule has 0 saturated heterocycles. The lowest BCUT2D eigenvalue weighted by Gasteiger charge is -2.07. The number of ether oxygens (including phenoxy) is 1. The average Bonchev–Trinajstić information content (AvgIpc) is 2.39. The molecule has 0 aliphatic rings. The summed E-state index contributed by atoms with van der Waals surface area (Å²) in [4.78, 5) is 12.3. The number of hydrogen-bond donors (Lipinski definition) is 1. The van der Waals surface area contributed by atoms with Gasteiger partial charge in [-0.2, -0.15) is 0 Å². The minimum atomic E-state index is 0.330.